The van der Waals surface area contributed by atoms with E-state index in [2.05, 4.69) is 19.2 Å². The predicted octanol–water partition coefficient (Wildman–Crippen LogP) is 2.37. The molecule has 3 nitrogen and oxygen atoms in total. The Hall–Kier alpha value is -0.730. The van der Waals surface area contributed by atoms with Crippen molar-refractivity contribution in [3.05, 3.63) is 0 Å². The van der Waals surface area contributed by atoms with Crippen LogP contribution in [0.5, 0.6) is 0 Å². The van der Waals surface area contributed by atoms with Crippen LogP contribution in [0, 0.1) is 5.41 Å². The maximum atomic E-state index is 11.8. The molecule has 0 radical (unpaired) electrons. The fourth-order valence-corrected chi connectivity index (χ4v) is 2.43. The summed E-state index contributed by atoms with van der Waals surface area (Å²) < 4.78 is 0. The first-order valence-electron chi connectivity index (χ1n) is 6.24. The molecular formula is C12H22N2O. The van der Waals surface area contributed by atoms with E-state index in [1.807, 2.05) is 4.90 Å². The van der Waals surface area contributed by atoms with Crippen LogP contribution in [-0.4, -0.2) is 30.1 Å². The van der Waals surface area contributed by atoms with Crippen LogP contribution < -0.4 is 5.32 Å². The summed E-state index contributed by atoms with van der Waals surface area (Å²) in [4.78, 5) is 13.8. The molecule has 1 heterocycles. The van der Waals surface area contributed by atoms with E-state index < -0.39 is 0 Å². The summed E-state index contributed by atoms with van der Waals surface area (Å²) in [5.74, 6) is 0. The first-order valence-corrected chi connectivity index (χ1v) is 6.24. The topological polar surface area (TPSA) is 32.3 Å². The maximum Gasteiger partial charge on any atom is 0.317 e. The Balaban J connectivity index is 1.87. The SMILES string of the molecule is CCC1(CC)CCN(C(=O)NC2CC2)C1. The molecule has 1 N–H and O–H groups in total. The van der Waals surface area contributed by atoms with E-state index >= 15 is 0 Å². The zero-order valence-corrected chi connectivity index (χ0v) is 9.88. The highest BCUT2D eigenvalue weighted by Crippen LogP contribution is 2.37. The van der Waals surface area contributed by atoms with Crippen molar-refractivity contribution in [1.29, 1.82) is 0 Å². The molecule has 2 aliphatic rings. The normalized spacial score (nSPS) is 24.3. The number of nitrogens with one attached hydrogen (secondary N) is 1. The summed E-state index contributed by atoms with van der Waals surface area (Å²) in [6, 6.07) is 0.650. The zero-order chi connectivity index (χ0) is 10.9. The number of amides is 2. The van der Waals surface area contributed by atoms with Gasteiger partial charge in [-0.15, -0.1) is 0 Å². The van der Waals surface area contributed by atoms with Crippen LogP contribution in [0.15, 0.2) is 0 Å². The van der Waals surface area contributed by atoms with Gasteiger partial charge in [-0.3, -0.25) is 0 Å². The van der Waals surface area contributed by atoms with E-state index in [1.165, 1.54) is 32.1 Å². The molecule has 2 rings (SSSR count). The van der Waals surface area contributed by atoms with Crippen LogP contribution >= 0.6 is 0 Å². The van der Waals surface area contributed by atoms with Gasteiger partial charge in [0, 0.05) is 19.1 Å². The van der Waals surface area contributed by atoms with E-state index in [0.717, 1.165) is 13.1 Å². The summed E-state index contributed by atoms with van der Waals surface area (Å²) in [6.07, 6.45) is 5.91. The van der Waals surface area contributed by atoms with Crippen molar-refractivity contribution in [2.24, 2.45) is 5.41 Å². The molecule has 0 aromatic carbocycles. The number of carbonyl (C=O) groups excluding carboxylic acids is 1. The Morgan fingerprint density at radius 1 is 1.40 bits per heavy atom. The van der Waals surface area contributed by atoms with Gasteiger partial charge in [0.05, 0.1) is 0 Å². The minimum atomic E-state index is 0.168. The molecule has 0 spiro atoms. The largest absolute Gasteiger partial charge is 0.335 e. The Morgan fingerprint density at radius 2 is 2.07 bits per heavy atom. The molecule has 2 fully saturated rings. The highest BCUT2D eigenvalue weighted by atomic mass is 16.2. The molecule has 1 saturated heterocycles. The third-order valence-electron chi connectivity index (χ3n) is 4.13. The Kier molecular flexibility index (Phi) is 2.89. The van der Waals surface area contributed by atoms with Gasteiger partial charge in [0.15, 0.2) is 0 Å². The fraction of sp³-hybridized carbons (Fsp3) is 0.917. The van der Waals surface area contributed by atoms with Gasteiger partial charge in [-0.25, -0.2) is 4.79 Å². The summed E-state index contributed by atoms with van der Waals surface area (Å²) >= 11 is 0. The third kappa shape index (κ3) is 2.27. The molecule has 0 bridgehead atoms. The summed E-state index contributed by atoms with van der Waals surface area (Å²) in [5, 5.41) is 3.07. The van der Waals surface area contributed by atoms with E-state index in [9.17, 15) is 4.79 Å². The molecule has 0 atom stereocenters. The molecule has 86 valence electrons. The van der Waals surface area contributed by atoms with Crippen LogP contribution in [0.1, 0.15) is 46.0 Å². The van der Waals surface area contributed by atoms with Crippen molar-refractivity contribution >= 4 is 6.03 Å². The number of nitrogens with zero attached hydrogens (tertiary/aromatic N) is 1. The molecule has 1 aliphatic heterocycles. The number of likely N-dealkylation sites (tertiary alicyclic amines) is 1. The van der Waals surface area contributed by atoms with Gasteiger partial charge in [0.25, 0.3) is 0 Å². The van der Waals surface area contributed by atoms with Crippen molar-refractivity contribution in [2.75, 3.05) is 13.1 Å². The average molecular weight is 210 g/mol. The minimum absolute atomic E-state index is 0.168. The second-order valence-corrected chi connectivity index (χ2v) is 5.10. The van der Waals surface area contributed by atoms with E-state index in [1.54, 1.807) is 0 Å². The van der Waals surface area contributed by atoms with Crippen LogP contribution in [0.2, 0.25) is 0 Å². The van der Waals surface area contributed by atoms with E-state index in [4.69, 9.17) is 0 Å². The lowest BCUT2D eigenvalue weighted by Crippen LogP contribution is -2.40. The maximum absolute atomic E-state index is 11.8. The Bertz CT molecular complexity index is 244. The van der Waals surface area contributed by atoms with Crippen molar-refractivity contribution in [3.8, 4) is 0 Å². The molecule has 1 saturated carbocycles. The third-order valence-corrected chi connectivity index (χ3v) is 4.13. The summed E-state index contributed by atoms with van der Waals surface area (Å²) in [5.41, 5.74) is 0.404. The number of rotatable bonds is 3. The standard InChI is InChI=1S/C12H22N2O/c1-3-12(4-2)7-8-14(9-12)11(15)13-10-5-6-10/h10H,3-9H2,1-2H3,(H,13,15). The van der Waals surface area contributed by atoms with Crippen LogP contribution in [0.3, 0.4) is 0 Å². The first-order chi connectivity index (χ1) is 7.19. The quantitative estimate of drug-likeness (QED) is 0.762. The monoisotopic (exact) mass is 210 g/mol. The first kappa shape index (κ1) is 10.8. The van der Waals surface area contributed by atoms with Crippen molar-refractivity contribution in [2.45, 2.75) is 52.0 Å². The number of urea groups is 1. The van der Waals surface area contributed by atoms with E-state index in [0.29, 0.717) is 11.5 Å². The molecule has 1 aliphatic carbocycles. The van der Waals surface area contributed by atoms with Gasteiger partial charge in [-0.1, -0.05) is 13.8 Å². The van der Waals surface area contributed by atoms with Gasteiger partial charge in [0.1, 0.15) is 0 Å². The van der Waals surface area contributed by atoms with Gasteiger partial charge in [0.2, 0.25) is 0 Å². The molecule has 3 heteroatoms. The van der Waals surface area contributed by atoms with Gasteiger partial charge < -0.3 is 10.2 Å². The highest BCUT2D eigenvalue weighted by Gasteiger charge is 2.38. The van der Waals surface area contributed by atoms with Crippen molar-refractivity contribution < 1.29 is 4.79 Å². The molecule has 2 amide bonds. The second-order valence-electron chi connectivity index (χ2n) is 5.10. The smallest absolute Gasteiger partial charge is 0.317 e. The van der Waals surface area contributed by atoms with Crippen molar-refractivity contribution in [1.82, 2.24) is 10.2 Å². The lowest BCUT2D eigenvalue weighted by molar-refractivity contribution is 0.196. The number of hydrogen-bond donors (Lipinski definition) is 1. The summed E-state index contributed by atoms with van der Waals surface area (Å²) in [6.45, 7) is 6.39. The lowest BCUT2D eigenvalue weighted by atomic mass is 9.82. The van der Waals surface area contributed by atoms with Crippen LogP contribution in [0.25, 0.3) is 0 Å². The number of carbonyl (C=O) groups is 1. The van der Waals surface area contributed by atoms with E-state index in [-0.39, 0.29) is 6.03 Å². The Labute approximate surface area is 92.2 Å². The number of hydrogen-bond acceptors (Lipinski definition) is 1. The molecule has 0 aromatic rings. The van der Waals surface area contributed by atoms with Gasteiger partial charge in [-0.2, -0.15) is 0 Å². The fourth-order valence-electron chi connectivity index (χ4n) is 2.43. The van der Waals surface area contributed by atoms with Crippen LogP contribution in [-0.2, 0) is 0 Å². The molecule has 0 unspecified atom stereocenters. The van der Waals surface area contributed by atoms with Gasteiger partial charge in [-0.05, 0) is 37.5 Å². The Morgan fingerprint density at radius 3 is 2.53 bits per heavy atom. The molecule has 15 heavy (non-hydrogen) atoms. The highest BCUT2D eigenvalue weighted by molar-refractivity contribution is 5.75. The zero-order valence-electron chi connectivity index (χ0n) is 9.88. The van der Waals surface area contributed by atoms with Gasteiger partial charge >= 0.3 is 6.03 Å². The molecule has 0 aromatic heterocycles. The van der Waals surface area contributed by atoms with Crippen molar-refractivity contribution in [3.63, 3.8) is 0 Å². The second kappa shape index (κ2) is 4.03. The average Bonchev–Trinajstić information content (AvgIpc) is 2.96. The lowest BCUT2D eigenvalue weighted by Gasteiger charge is -2.26. The summed E-state index contributed by atoms with van der Waals surface area (Å²) in [7, 11) is 0. The van der Waals surface area contributed by atoms with Crippen LogP contribution in [0.4, 0.5) is 4.79 Å². The predicted molar refractivity (Wildman–Crippen MR) is 60.8 cm³/mol. The molecular weight excluding hydrogens is 188 g/mol. The minimum Gasteiger partial charge on any atom is -0.335 e.